The molecule has 2 aromatic carbocycles. The summed E-state index contributed by atoms with van der Waals surface area (Å²) in [4.78, 5) is 22.2. The Balaban J connectivity index is 1.55. The van der Waals surface area contributed by atoms with Gasteiger partial charge in [0, 0.05) is 11.9 Å². The average molecular weight is 435 g/mol. The molecule has 2 heterocycles. The molecule has 0 saturated heterocycles. The molecule has 0 saturated carbocycles. The summed E-state index contributed by atoms with van der Waals surface area (Å²) in [6, 6.07) is 15.4. The third-order valence-electron chi connectivity index (χ3n) is 4.31. The highest BCUT2D eigenvalue weighted by atomic mass is 32.2. The van der Waals surface area contributed by atoms with E-state index in [4.69, 9.17) is 10.5 Å². The van der Waals surface area contributed by atoms with Gasteiger partial charge in [-0.2, -0.15) is 15.0 Å². The minimum absolute atomic E-state index is 0.135. The number of methoxy groups -OCH3 is 1. The van der Waals surface area contributed by atoms with Crippen molar-refractivity contribution in [1.29, 1.82) is 0 Å². The molecule has 31 heavy (non-hydrogen) atoms. The summed E-state index contributed by atoms with van der Waals surface area (Å²) < 4.78 is 5.36. The Hall–Kier alpha value is -3.66. The SMILES string of the molecule is CCNc1nc(SCc2nc(N)nc(Nc3ccccc3OC)n2)nc2ccccc12. The average Bonchev–Trinajstić information content (AvgIpc) is 2.78. The van der Waals surface area contributed by atoms with Crippen molar-refractivity contribution in [3.05, 3.63) is 54.4 Å². The lowest BCUT2D eigenvalue weighted by Crippen LogP contribution is -2.07. The lowest BCUT2D eigenvalue weighted by molar-refractivity contribution is 0.417. The fourth-order valence-corrected chi connectivity index (χ4v) is 3.68. The molecular formula is C21H22N8OS. The predicted octanol–water partition coefficient (Wildman–Crippen LogP) is 3.87. The van der Waals surface area contributed by atoms with Crippen LogP contribution in [0.4, 0.5) is 23.4 Å². The van der Waals surface area contributed by atoms with Crippen LogP contribution in [0, 0.1) is 0 Å². The molecule has 0 amide bonds. The van der Waals surface area contributed by atoms with E-state index in [0.717, 1.165) is 29.0 Å². The molecule has 0 fully saturated rings. The summed E-state index contributed by atoms with van der Waals surface area (Å²) in [5.74, 6) is 2.94. The molecule has 0 bridgehead atoms. The van der Waals surface area contributed by atoms with Crippen LogP contribution in [0.5, 0.6) is 5.75 Å². The molecule has 0 aliphatic carbocycles. The van der Waals surface area contributed by atoms with E-state index in [1.54, 1.807) is 7.11 Å². The lowest BCUT2D eigenvalue weighted by atomic mass is 10.2. The Labute approximate surface area is 183 Å². The fraction of sp³-hybridized carbons (Fsp3) is 0.190. The largest absolute Gasteiger partial charge is 0.495 e. The molecule has 0 aliphatic heterocycles. The molecule has 9 nitrogen and oxygen atoms in total. The summed E-state index contributed by atoms with van der Waals surface area (Å²) in [5.41, 5.74) is 7.52. The second kappa shape index (κ2) is 9.43. The van der Waals surface area contributed by atoms with Gasteiger partial charge in [-0.25, -0.2) is 9.97 Å². The standard InChI is InChI=1S/C21H22N8OS/c1-3-23-18-13-8-4-5-9-14(13)25-21(28-18)31-12-17-26-19(22)29-20(27-17)24-15-10-6-7-11-16(15)30-2/h4-11H,3,12H2,1-2H3,(H,23,25,28)(H3,22,24,26,27,29). The van der Waals surface area contributed by atoms with Gasteiger partial charge in [-0.3, -0.25) is 0 Å². The molecule has 2 aromatic heterocycles. The van der Waals surface area contributed by atoms with Crippen LogP contribution in [0.1, 0.15) is 12.7 Å². The van der Waals surface area contributed by atoms with Gasteiger partial charge in [-0.1, -0.05) is 36.0 Å². The van der Waals surface area contributed by atoms with Crippen molar-refractivity contribution in [2.24, 2.45) is 0 Å². The maximum atomic E-state index is 5.91. The van der Waals surface area contributed by atoms with E-state index in [-0.39, 0.29) is 5.95 Å². The summed E-state index contributed by atoms with van der Waals surface area (Å²) >= 11 is 1.44. The van der Waals surface area contributed by atoms with Crippen molar-refractivity contribution < 1.29 is 4.74 Å². The van der Waals surface area contributed by atoms with Gasteiger partial charge >= 0.3 is 0 Å². The number of nitrogens with one attached hydrogen (secondary N) is 2. The summed E-state index contributed by atoms with van der Waals surface area (Å²) in [6.07, 6.45) is 0. The number of nitrogen functional groups attached to an aromatic ring is 1. The Bertz CT molecular complexity index is 1200. The molecule has 0 unspecified atom stereocenters. The van der Waals surface area contributed by atoms with E-state index in [0.29, 0.717) is 28.4 Å². The number of fused-ring (bicyclic) bond motifs is 1. The number of thioether (sulfide) groups is 1. The second-order valence-corrected chi connectivity index (χ2v) is 7.39. The normalized spacial score (nSPS) is 10.8. The first kappa shape index (κ1) is 20.6. The highest BCUT2D eigenvalue weighted by Crippen LogP contribution is 2.28. The van der Waals surface area contributed by atoms with E-state index in [1.807, 2.05) is 55.5 Å². The van der Waals surface area contributed by atoms with Gasteiger partial charge in [-0.15, -0.1) is 0 Å². The maximum Gasteiger partial charge on any atom is 0.232 e. The van der Waals surface area contributed by atoms with Crippen molar-refractivity contribution in [2.45, 2.75) is 17.8 Å². The minimum atomic E-state index is 0.135. The van der Waals surface area contributed by atoms with Crippen LogP contribution in [0.3, 0.4) is 0 Å². The van der Waals surface area contributed by atoms with Gasteiger partial charge in [-0.05, 0) is 31.2 Å². The molecule has 4 rings (SSSR count). The quantitative estimate of drug-likeness (QED) is 0.278. The maximum absolute atomic E-state index is 5.91. The number of nitrogens with zero attached hydrogens (tertiary/aromatic N) is 5. The van der Waals surface area contributed by atoms with Crippen molar-refractivity contribution in [1.82, 2.24) is 24.9 Å². The molecule has 10 heteroatoms. The Morgan fingerprint density at radius 1 is 0.968 bits per heavy atom. The first-order valence-electron chi connectivity index (χ1n) is 9.70. The third-order valence-corrected chi connectivity index (χ3v) is 5.15. The summed E-state index contributed by atoms with van der Waals surface area (Å²) in [7, 11) is 1.61. The Morgan fingerprint density at radius 3 is 2.61 bits per heavy atom. The number of hydrogen-bond donors (Lipinski definition) is 3. The van der Waals surface area contributed by atoms with Crippen LogP contribution in [-0.2, 0) is 5.75 Å². The Morgan fingerprint density at radius 2 is 1.77 bits per heavy atom. The third kappa shape index (κ3) is 4.92. The van der Waals surface area contributed by atoms with Crippen molar-refractivity contribution in [2.75, 3.05) is 30.0 Å². The lowest BCUT2D eigenvalue weighted by Gasteiger charge is -2.11. The van der Waals surface area contributed by atoms with Crippen LogP contribution in [0.25, 0.3) is 10.9 Å². The van der Waals surface area contributed by atoms with Crippen LogP contribution in [-0.4, -0.2) is 38.6 Å². The van der Waals surface area contributed by atoms with E-state index in [9.17, 15) is 0 Å². The first-order chi connectivity index (χ1) is 15.2. The number of benzene rings is 2. The molecule has 4 N–H and O–H groups in total. The zero-order valence-electron chi connectivity index (χ0n) is 17.2. The molecular weight excluding hydrogens is 412 g/mol. The molecule has 0 spiro atoms. The van der Waals surface area contributed by atoms with E-state index in [2.05, 4.69) is 35.6 Å². The van der Waals surface area contributed by atoms with E-state index in [1.165, 1.54) is 11.8 Å². The Kier molecular flexibility index (Phi) is 6.27. The first-order valence-corrected chi connectivity index (χ1v) is 10.7. The summed E-state index contributed by atoms with van der Waals surface area (Å²) in [5, 5.41) is 8.05. The highest BCUT2D eigenvalue weighted by Gasteiger charge is 2.11. The van der Waals surface area contributed by atoms with Crippen LogP contribution >= 0.6 is 11.8 Å². The van der Waals surface area contributed by atoms with Gasteiger partial charge in [0.25, 0.3) is 0 Å². The monoisotopic (exact) mass is 434 g/mol. The number of rotatable bonds is 8. The number of hydrogen-bond acceptors (Lipinski definition) is 10. The number of aromatic nitrogens is 5. The fourth-order valence-electron chi connectivity index (χ4n) is 2.98. The highest BCUT2D eigenvalue weighted by molar-refractivity contribution is 7.98. The van der Waals surface area contributed by atoms with Crippen molar-refractivity contribution >= 4 is 46.1 Å². The zero-order valence-corrected chi connectivity index (χ0v) is 18.0. The molecule has 4 aromatic rings. The van der Waals surface area contributed by atoms with Crippen LogP contribution in [0.2, 0.25) is 0 Å². The van der Waals surface area contributed by atoms with Crippen molar-refractivity contribution in [3.63, 3.8) is 0 Å². The van der Waals surface area contributed by atoms with Crippen molar-refractivity contribution in [3.8, 4) is 5.75 Å². The molecule has 0 radical (unpaired) electrons. The van der Waals surface area contributed by atoms with Gasteiger partial charge < -0.3 is 21.1 Å². The van der Waals surface area contributed by atoms with E-state index >= 15 is 0 Å². The predicted molar refractivity (Wildman–Crippen MR) is 124 cm³/mol. The number of ether oxygens (including phenoxy) is 1. The molecule has 158 valence electrons. The number of nitrogens with two attached hydrogens (primary N) is 1. The molecule has 0 aliphatic rings. The van der Waals surface area contributed by atoms with Crippen LogP contribution in [0.15, 0.2) is 53.7 Å². The van der Waals surface area contributed by atoms with Gasteiger partial charge in [0.2, 0.25) is 11.9 Å². The van der Waals surface area contributed by atoms with Crippen LogP contribution < -0.4 is 21.1 Å². The van der Waals surface area contributed by atoms with Gasteiger partial charge in [0.05, 0.1) is 24.1 Å². The number of para-hydroxylation sites is 3. The van der Waals surface area contributed by atoms with Gasteiger partial charge in [0.1, 0.15) is 17.4 Å². The number of anilines is 4. The van der Waals surface area contributed by atoms with Gasteiger partial charge in [0.15, 0.2) is 5.16 Å². The summed E-state index contributed by atoms with van der Waals surface area (Å²) in [6.45, 7) is 2.81. The molecule has 0 atom stereocenters. The second-order valence-electron chi connectivity index (χ2n) is 6.45. The zero-order chi connectivity index (χ0) is 21.6. The smallest absolute Gasteiger partial charge is 0.232 e. The van der Waals surface area contributed by atoms with E-state index < -0.39 is 0 Å². The minimum Gasteiger partial charge on any atom is -0.495 e. The topological polar surface area (TPSA) is 124 Å².